The summed E-state index contributed by atoms with van der Waals surface area (Å²) in [5.74, 6) is 0.569. The van der Waals surface area contributed by atoms with Gasteiger partial charge in [0.25, 0.3) is 0 Å². The van der Waals surface area contributed by atoms with Crippen molar-refractivity contribution in [3.05, 3.63) is 123 Å². The summed E-state index contributed by atoms with van der Waals surface area (Å²) in [6.07, 6.45) is 0.758. The first-order chi connectivity index (χ1) is 17.5. The topological polar surface area (TPSA) is 41.4 Å². The van der Waals surface area contributed by atoms with Crippen molar-refractivity contribution in [2.75, 3.05) is 5.01 Å². The van der Waals surface area contributed by atoms with E-state index in [1.165, 1.54) is 5.56 Å². The van der Waals surface area contributed by atoms with Gasteiger partial charge >= 0.3 is 0 Å². The van der Waals surface area contributed by atoms with Gasteiger partial charge in [-0.05, 0) is 48.4 Å². The van der Waals surface area contributed by atoms with Crippen molar-refractivity contribution >= 4 is 50.1 Å². The van der Waals surface area contributed by atoms with Crippen molar-refractivity contribution in [3.8, 4) is 11.3 Å². The maximum atomic E-state index is 6.37. The maximum Gasteiger partial charge on any atom is 0.247 e. The van der Waals surface area contributed by atoms with E-state index in [-0.39, 0.29) is 6.04 Å². The Morgan fingerprint density at radius 1 is 0.833 bits per heavy atom. The van der Waals surface area contributed by atoms with Crippen LogP contribution in [-0.2, 0) is 0 Å². The van der Waals surface area contributed by atoms with Crippen molar-refractivity contribution < 1.29 is 0 Å². The number of hydrogen-bond acceptors (Lipinski definition) is 4. The number of aromatic nitrogens is 2. The lowest BCUT2D eigenvalue weighted by Crippen LogP contribution is -2.21. The molecule has 0 amide bonds. The largest absolute Gasteiger partial charge is 0.247 e. The standard InChI is InChI=1S/C30H22BrClN4/c1-19-6-5-9-22(16-19)27-18-28(20-10-12-23(31)13-11-20)36(35-27)30-33-26-15-14-24(32)17-25(26)29(34-30)21-7-3-2-4-8-21/h2-17,28H,18H2,1H3/t28-/m1/s1. The van der Waals surface area contributed by atoms with E-state index < -0.39 is 0 Å². The van der Waals surface area contributed by atoms with Gasteiger partial charge in [-0.2, -0.15) is 5.10 Å². The number of aryl methyl sites for hydroxylation is 1. The fourth-order valence-electron chi connectivity index (χ4n) is 4.65. The predicted octanol–water partition coefficient (Wildman–Crippen LogP) is 8.38. The number of hydrogen-bond donors (Lipinski definition) is 0. The third-order valence-corrected chi connectivity index (χ3v) is 7.18. The minimum absolute atomic E-state index is 0.0259. The minimum atomic E-state index is -0.0259. The van der Waals surface area contributed by atoms with Crippen LogP contribution in [-0.4, -0.2) is 15.7 Å². The van der Waals surface area contributed by atoms with Gasteiger partial charge in [0.05, 0.1) is 23.0 Å². The van der Waals surface area contributed by atoms with Crippen molar-refractivity contribution in [2.45, 2.75) is 19.4 Å². The Balaban J connectivity index is 1.54. The number of anilines is 1. The van der Waals surface area contributed by atoms with E-state index in [9.17, 15) is 0 Å². The lowest BCUT2D eigenvalue weighted by atomic mass is 9.98. The highest BCUT2D eigenvalue weighted by molar-refractivity contribution is 9.10. The molecule has 0 bridgehead atoms. The molecule has 176 valence electrons. The van der Waals surface area contributed by atoms with Gasteiger partial charge in [0.2, 0.25) is 5.95 Å². The second-order valence-electron chi connectivity index (χ2n) is 8.93. The molecule has 0 saturated heterocycles. The first-order valence-electron chi connectivity index (χ1n) is 11.8. The van der Waals surface area contributed by atoms with Gasteiger partial charge in [-0.25, -0.2) is 15.0 Å². The summed E-state index contributed by atoms with van der Waals surface area (Å²) >= 11 is 9.93. The maximum absolute atomic E-state index is 6.37. The van der Waals surface area contributed by atoms with Gasteiger partial charge in [-0.15, -0.1) is 0 Å². The van der Waals surface area contributed by atoms with Crippen molar-refractivity contribution in [1.82, 2.24) is 9.97 Å². The van der Waals surface area contributed by atoms with Crippen LogP contribution in [0.25, 0.3) is 22.2 Å². The van der Waals surface area contributed by atoms with Crippen molar-refractivity contribution in [1.29, 1.82) is 0 Å². The Bertz CT molecular complexity index is 1600. The predicted molar refractivity (Wildman–Crippen MR) is 152 cm³/mol. The summed E-state index contributed by atoms with van der Waals surface area (Å²) in [6.45, 7) is 2.10. The number of nitrogens with zero attached hydrogens (tertiary/aromatic N) is 4. The zero-order valence-electron chi connectivity index (χ0n) is 19.6. The van der Waals surface area contributed by atoms with E-state index in [4.69, 9.17) is 26.7 Å². The molecule has 4 nitrogen and oxygen atoms in total. The first kappa shape index (κ1) is 22.9. The monoisotopic (exact) mass is 552 g/mol. The second-order valence-corrected chi connectivity index (χ2v) is 10.3. The highest BCUT2D eigenvalue weighted by Crippen LogP contribution is 2.38. The van der Waals surface area contributed by atoms with Crippen LogP contribution in [0.5, 0.6) is 0 Å². The number of rotatable bonds is 4. The van der Waals surface area contributed by atoms with Crippen LogP contribution in [0.4, 0.5) is 5.95 Å². The summed E-state index contributed by atoms with van der Waals surface area (Å²) in [4.78, 5) is 10.0. The van der Waals surface area contributed by atoms with E-state index in [1.807, 2.05) is 41.4 Å². The second kappa shape index (κ2) is 9.49. The SMILES string of the molecule is Cc1cccc(C2=NN(c3nc(-c4ccccc4)c4cc(Cl)ccc4n3)[C@@H](c3ccc(Br)cc3)C2)c1. The fraction of sp³-hybridized carbons (Fsp3) is 0.100. The molecule has 5 aromatic rings. The Hall–Kier alpha value is -3.54. The molecule has 0 aliphatic carbocycles. The molecule has 0 saturated carbocycles. The smallest absolute Gasteiger partial charge is 0.223 e. The number of hydrazone groups is 1. The summed E-state index contributed by atoms with van der Waals surface area (Å²) in [6, 6.07) is 32.8. The molecule has 6 heteroatoms. The average Bonchev–Trinajstić information content (AvgIpc) is 3.35. The van der Waals surface area contributed by atoms with Crippen LogP contribution in [0, 0.1) is 6.92 Å². The minimum Gasteiger partial charge on any atom is -0.223 e. The van der Waals surface area contributed by atoms with Crippen molar-refractivity contribution in [3.63, 3.8) is 0 Å². The van der Waals surface area contributed by atoms with Gasteiger partial charge in [0.15, 0.2) is 0 Å². The third kappa shape index (κ3) is 4.41. The van der Waals surface area contributed by atoms with E-state index in [1.54, 1.807) is 0 Å². The van der Waals surface area contributed by atoms with Gasteiger partial charge in [-0.1, -0.05) is 99.8 Å². The summed E-state index contributed by atoms with van der Waals surface area (Å²) in [7, 11) is 0. The number of fused-ring (bicyclic) bond motifs is 1. The van der Waals surface area contributed by atoms with E-state index in [0.29, 0.717) is 11.0 Å². The molecule has 1 atom stereocenters. The quantitative estimate of drug-likeness (QED) is 0.224. The summed E-state index contributed by atoms with van der Waals surface area (Å²) in [5, 5.41) is 8.64. The molecule has 1 aromatic heterocycles. The molecule has 0 radical (unpaired) electrons. The zero-order chi connectivity index (χ0) is 24.6. The van der Waals surface area contributed by atoms with Crippen LogP contribution >= 0.6 is 27.5 Å². The van der Waals surface area contributed by atoms with Crippen molar-refractivity contribution in [2.24, 2.45) is 5.10 Å². The summed E-state index contributed by atoms with van der Waals surface area (Å²) in [5.41, 5.74) is 7.19. The van der Waals surface area contributed by atoms with Crippen LogP contribution in [0.2, 0.25) is 5.02 Å². The molecular formula is C30H22BrClN4. The Morgan fingerprint density at radius 2 is 1.61 bits per heavy atom. The Morgan fingerprint density at radius 3 is 2.39 bits per heavy atom. The summed E-state index contributed by atoms with van der Waals surface area (Å²) < 4.78 is 1.04. The molecule has 36 heavy (non-hydrogen) atoms. The van der Waals surface area contributed by atoms with E-state index in [2.05, 4.69) is 83.5 Å². The molecular weight excluding hydrogens is 532 g/mol. The molecule has 0 spiro atoms. The zero-order valence-corrected chi connectivity index (χ0v) is 21.9. The van der Waals surface area contributed by atoms with E-state index >= 15 is 0 Å². The van der Waals surface area contributed by atoms with Gasteiger partial charge in [-0.3, -0.25) is 0 Å². The molecule has 0 fully saturated rings. The lowest BCUT2D eigenvalue weighted by molar-refractivity contribution is 0.689. The highest BCUT2D eigenvalue weighted by Gasteiger charge is 2.32. The fourth-order valence-corrected chi connectivity index (χ4v) is 5.08. The van der Waals surface area contributed by atoms with Crippen LogP contribution in [0.1, 0.15) is 29.2 Å². The molecule has 1 aliphatic rings. The van der Waals surface area contributed by atoms with Crippen LogP contribution in [0.3, 0.4) is 0 Å². The normalized spacial score (nSPS) is 15.4. The van der Waals surface area contributed by atoms with Crippen LogP contribution in [0.15, 0.2) is 107 Å². The molecule has 2 heterocycles. The molecule has 0 unspecified atom stereocenters. The average molecular weight is 554 g/mol. The number of benzene rings is 4. The van der Waals surface area contributed by atoms with Gasteiger partial charge in [0.1, 0.15) is 0 Å². The lowest BCUT2D eigenvalue weighted by Gasteiger charge is -2.23. The Kier molecular flexibility index (Phi) is 6.04. The molecule has 4 aromatic carbocycles. The van der Waals surface area contributed by atoms with E-state index in [0.717, 1.165) is 49.9 Å². The third-order valence-electron chi connectivity index (χ3n) is 6.41. The first-order valence-corrected chi connectivity index (χ1v) is 12.9. The molecule has 1 aliphatic heterocycles. The van der Waals surface area contributed by atoms with Gasteiger partial charge < -0.3 is 0 Å². The highest BCUT2D eigenvalue weighted by atomic mass is 79.9. The van der Waals surface area contributed by atoms with Crippen LogP contribution < -0.4 is 5.01 Å². The molecule has 0 N–H and O–H groups in total. The van der Waals surface area contributed by atoms with Gasteiger partial charge in [0, 0.05) is 26.9 Å². The molecule has 6 rings (SSSR count). The number of halogens is 2. The Labute approximate surface area is 223 Å².